The molecular weight excluding hydrogens is 340 g/mol. The maximum Gasteiger partial charge on any atom is 0.193 e. The molecule has 1 heterocycles. The van der Waals surface area contributed by atoms with E-state index < -0.39 is 0 Å². The van der Waals surface area contributed by atoms with E-state index in [9.17, 15) is 0 Å². The molecule has 1 aromatic heterocycles. The molecule has 0 radical (unpaired) electrons. The van der Waals surface area contributed by atoms with Crippen molar-refractivity contribution >= 4 is 5.96 Å². The molecular formula is C21H30N4O2. The fraction of sp³-hybridized carbons (Fsp3) is 0.429. The summed E-state index contributed by atoms with van der Waals surface area (Å²) in [5, 5.41) is 3.36. The normalized spacial score (nSPS) is 11.2. The SMILES string of the molecule is CCNC(=NCCc1ccncc1C)N(C)Cc1ccc(OC)cc1OC. The summed E-state index contributed by atoms with van der Waals surface area (Å²) in [5.41, 5.74) is 3.56. The van der Waals surface area contributed by atoms with Crippen LogP contribution in [0.15, 0.2) is 41.7 Å². The maximum absolute atomic E-state index is 5.51. The first kappa shape index (κ1) is 20.6. The summed E-state index contributed by atoms with van der Waals surface area (Å²) < 4.78 is 10.8. The van der Waals surface area contributed by atoms with Gasteiger partial charge in [-0.1, -0.05) is 0 Å². The number of benzene rings is 1. The molecule has 0 atom stereocenters. The minimum Gasteiger partial charge on any atom is -0.497 e. The molecule has 0 aliphatic carbocycles. The van der Waals surface area contributed by atoms with E-state index in [1.165, 1.54) is 11.1 Å². The Labute approximate surface area is 162 Å². The molecule has 0 bridgehead atoms. The number of hydrogen-bond donors (Lipinski definition) is 1. The van der Waals surface area contributed by atoms with Crippen LogP contribution < -0.4 is 14.8 Å². The number of nitrogens with one attached hydrogen (secondary N) is 1. The van der Waals surface area contributed by atoms with Crippen LogP contribution in [-0.2, 0) is 13.0 Å². The number of pyridine rings is 1. The zero-order valence-electron chi connectivity index (χ0n) is 17.0. The second-order valence-electron chi connectivity index (χ2n) is 6.32. The van der Waals surface area contributed by atoms with Crippen molar-refractivity contribution < 1.29 is 9.47 Å². The van der Waals surface area contributed by atoms with Gasteiger partial charge in [0.05, 0.1) is 14.2 Å². The molecule has 0 saturated carbocycles. The van der Waals surface area contributed by atoms with E-state index in [1.54, 1.807) is 14.2 Å². The Kier molecular flexibility index (Phi) is 7.92. The summed E-state index contributed by atoms with van der Waals surface area (Å²) in [5.74, 6) is 2.47. The standard InChI is InChI=1S/C21H30N4O2/c1-6-23-21(24-12-10-17-9-11-22-14-16(17)2)25(3)15-18-7-8-19(26-4)13-20(18)27-5/h7-9,11,13-14H,6,10,12,15H2,1-5H3,(H,23,24). The Morgan fingerprint density at radius 3 is 2.67 bits per heavy atom. The molecule has 6 nitrogen and oxygen atoms in total. The van der Waals surface area contributed by atoms with Crippen molar-refractivity contribution in [3.05, 3.63) is 53.3 Å². The summed E-state index contributed by atoms with van der Waals surface area (Å²) in [6.45, 7) is 6.38. The molecule has 0 unspecified atom stereocenters. The molecule has 0 aliphatic rings. The Balaban J connectivity index is 2.07. The average Bonchev–Trinajstić information content (AvgIpc) is 2.69. The van der Waals surface area contributed by atoms with E-state index in [2.05, 4.69) is 35.1 Å². The molecule has 0 spiro atoms. The highest BCUT2D eigenvalue weighted by atomic mass is 16.5. The van der Waals surface area contributed by atoms with Crippen molar-refractivity contribution in [3.8, 4) is 11.5 Å². The molecule has 2 rings (SSSR count). The van der Waals surface area contributed by atoms with Gasteiger partial charge in [0, 0.05) is 50.7 Å². The van der Waals surface area contributed by atoms with E-state index in [0.717, 1.165) is 42.5 Å². The molecule has 0 amide bonds. The van der Waals surface area contributed by atoms with Crippen molar-refractivity contribution in [2.24, 2.45) is 4.99 Å². The van der Waals surface area contributed by atoms with Gasteiger partial charge in [0.1, 0.15) is 11.5 Å². The largest absolute Gasteiger partial charge is 0.497 e. The first-order chi connectivity index (χ1) is 13.1. The minimum atomic E-state index is 0.688. The van der Waals surface area contributed by atoms with Gasteiger partial charge < -0.3 is 19.7 Å². The van der Waals surface area contributed by atoms with Crippen molar-refractivity contribution in [2.45, 2.75) is 26.8 Å². The van der Waals surface area contributed by atoms with Gasteiger partial charge in [-0.3, -0.25) is 9.98 Å². The topological polar surface area (TPSA) is 59.0 Å². The van der Waals surface area contributed by atoms with Crippen LogP contribution in [0.25, 0.3) is 0 Å². The van der Waals surface area contributed by atoms with Gasteiger partial charge in [0.2, 0.25) is 0 Å². The number of aromatic nitrogens is 1. The highest BCUT2D eigenvalue weighted by Crippen LogP contribution is 2.25. The van der Waals surface area contributed by atoms with Gasteiger partial charge >= 0.3 is 0 Å². The third-order valence-corrected chi connectivity index (χ3v) is 4.38. The Morgan fingerprint density at radius 1 is 1.19 bits per heavy atom. The summed E-state index contributed by atoms with van der Waals surface area (Å²) in [6.07, 6.45) is 4.62. The quantitative estimate of drug-likeness (QED) is 0.572. The van der Waals surface area contributed by atoms with E-state index >= 15 is 0 Å². The molecule has 6 heteroatoms. The smallest absolute Gasteiger partial charge is 0.193 e. The zero-order chi connectivity index (χ0) is 19.6. The van der Waals surface area contributed by atoms with Crippen LogP contribution in [0.5, 0.6) is 11.5 Å². The van der Waals surface area contributed by atoms with E-state index in [-0.39, 0.29) is 0 Å². The Hall–Kier alpha value is -2.76. The highest BCUT2D eigenvalue weighted by Gasteiger charge is 2.11. The van der Waals surface area contributed by atoms with Crippen molar-refractivity contribution in [1.82, 2.24) is 15.2 Å². The van der Waals surface area contributed by atoms with Gasteiger partial charge in [-0.15, -0.1) is 0 Å². The molecule has 27 heavy (non-hydrogen) atoms. The van der Waals surface area contributed by atoms with Gasteiger partial charge in [0.25, 0.3) is 0 Å². The van der Waals surface area contributed by atoms with E-state index in [4.69, 9.17) is 14.5 Å². The lowest BCUT2D eigenvalue weighted by atomic mass is 10.1. The Bertz CT molecular complexity index is 762. The van der Waals surface area contributed by atoms with Gasteiger partial charge in [-0.2, -0.15) is 0 Å². The summed E-state index contributed by atoms with van der Waals surface area (Å²) in [7, 11) is 5.36. The number of aliphatic imine (C=N–C) groups is 1. The molecule has 146 valence electrons. The number of rotatable bonds is 8. The second kappa shape index (κ2) is 10.4. The predicted octanol–water partition coefficient (Wildman–Crippen LogP) is 3.05. The van der Waals surface area contributed by atoms with Crippen LogP contribution in [0.1, 0.15) is 23.6 Å². The number of ether oxygens (including phenoxy) is 2. The summed E-state index contributed by atoms with van der Waals surface area (Å²) in [6, 6.07) is 7.93. The molecule has 1 N–H and O–H groups in total. The third kappa shape index (κ3) is 5.88. The predicted molar refractivity (Wildman–Crippen MR) is 110 cm³/mol. The summed E-state index contributed by atoms with van der Waals surface area (Å²) in [4.78, 5) is 11.0. The lowest BCUT2D eigenvalue weighted by Crippen LogP contribution is -2.38. The molecule has 0 fully saturated rings. The van der Waals surface area contributed by atoms with Crippen LogP contribution in [0.3, 0.4) is 0 Å². The fourth-order valence-electron chi connectivity index (χ4n) is 2.85. The number of guanidine groups is 1. The fourth-order valence-corrected chi connectivity index (χ4v) is 2.85. The first-order valence-corrected chi connectivity index (χ1v) is 9.18. The van der Waals surface area contributed by atoms with Crippen LogP contribution in [0.4, 0.5) is 0 Å². The second-order valence-corrected chi connectivity index (χ2v) is 6.32. The minimum absolute atomic E-state index is 0.688. The molecule has 2 aromatic rings. The van der Waals surface area contributed by atoms with E-state index in [0.29, 0.717) is 6.54 Å². The molecule has 1 aromatic carbocycles. The number of aryl methyl sites for hydroxylation is 1. The van der Waals surface area contributed by atoms with Gasteiger partial charge in [0.15, 0.2) is 5.96 Å². The van der Waals surface area contributed by atoms with Crippen LogP contribution in [0.2, 0.25) is 0 Å². The van der Waals surface area contributed by atoms with Gasteiger partial charge in [-0.05, 0) is 49.6 Å². The monoisotopic (exact) mass is 370 g/mol. The average molecular weight is 370 g/mol. The number of hydrogen-bond acceptors (Lipinski definition) is 4. The van der Waals surface area contributed by atoms with Crippen molar-refractivity contribution in [3.63, 3.8) is 0 Å². The van der Waals surface area contributed by atoms with Crippen LogP contribution >= 0.6 is 0 Å². The highest BCUT2D eigenvalue weighted by molar-refractivity contribution is 5.79. The molecule has 0 saturated heterocycles. The van der Waals surface area contributed by atoms with Crippen molar-refractivity contribution in [2.75, 3.05) is 34.4 Å². The summed E-state index contributed by atoms with van der Waals surface area (Å²) >= 11 is 0. The maximum atomic E-state index is 5.51. The van der Waals surface area contributed by atoms with Crippen LogP contribution in [-0.4, -0.2) is 50.2 Å². The number of methoxy groups -OCH3 is 2. The Morgan fingerprint density at radius 2 is 2.00 bits per heavy atom. The van der Waals surface area contributed by atoms with Gasteiger partial charge in [-0.25, -0.2) is 0 Å². The lowest BCUT2D eigenvalue weighted by molar-refractivity contribution is 0.382. The molecule has 0 aliphatic heterocycles. The van der Waals surface area contributed by atoms with Crippen LogP contribution in [0, 0.1) is 6.92 Å². The third-order valence-electron chi connectivity index (χ3n) is 4.38. The lowest BCUT2D eigenvalue weighted by Gasteiger charge is -2.23. The zero-order valence-corrected chi connectivity index (χ0v) is 17.0. The number of nitrogens with zero attached hydrogens (tertiary/aromatic N) is 3. The van der Waals surface area contributed by atoms with Crippen molar-refractivity contribution in [1.29, 1.82) is 0 Å². The van der Waals surface area contributed by atoms with E-state index in [1.807, 2.05) is 37.6 Å². The first-order valence-electron chi connectivity index (χ1n) is 9.18.